The number of hydrogen-bond donors (Lipinski definition) is 1. The molecule has 2 heterocycles. The number of aliphatic hydroxyl groups excluding tert-OH is 1. The lowest BCUT2D eigenvalue weighted by Gasteiger charge is -2.37. The van der Waals surface area contributed by atoms with E-state index in [4.69, 9.17) is 18.9 Å². The summed E-state index contributed by atoms with van der Waals surface area (Å²) >= 11 is 0. The fourth-order valence-corrected chi connectivity index (χ4v) is 3.16. The molecule has 0 unspecified atom stereocenters. The summed E-state index contributed by atoms with van der Waals surface area (Å²) in [6.07, 6.45) is -4.91. The van der Waals surface area contributed by atoms with E-state index in [0.717, 1.165) is 0 Å². The lowest BCUT2D eigenvalue weighted by molar-refractivity contribution is -0.228. The van der Waals surface area contributed by atoms with E-state index in [2.05, 4.69) is 0 Å². The molecule has 2 aromatic rings. The maximum absolute atomic E-state index is 12.5. The molecular weight excluding hydrogens is 352 g/mol. The van der Waals surface area contributed by atoms with Gasteiger partial charge in [0.15, 0.2) is 18.5 Å². The SMILES string of the molecule is O=C(O[C@@H]1[C@H](O)[C@H]2OC[C@H](O2)[C@H]1OC(=O)c1ccccc1)c1ccccc1. The third-order valence-corrected chi connectivity index (χ3v) is 4.54. The Balaban J connectivity index is 1.55. The largest absolute Gasteiger partial charge is 0.452 e. The summed E-state index contributed by atoms with van der Waals surface area (Å²) in [4.78, 5) is 24.9. The zero-order chi connectivity index (χ0) is 18.8. The fraction of sp³-hybridized carbons (Fsp3) is 0.300. The summed E-state index contributed by atoms with van der Waals surface area (Å²) in [5.74, 6) is -1.22. The van der Waals surface area contributed by atoms with Gasteiger partial charge in [0.1, 0.15) is 12.2 Å². The van der Waals surface area contributed by atoms with Crippen molar-refractivity contribution in [2.75, 3.05) is 6.61 Å². The van der Waals surface area contributed by atoms with Crippen LogP contribution in [0.5, 0.6) is 0 Å². The van der Waals surface area contributed by atoms with Crippen molar-refractivity contribution in [2.45, 2.75) is 30.7 Å². The number of carbonyl (C=O) groups excluding carboxylic acids is 2. The zero-order valence-corrected chi connectivity index (χ0v) is 14.3. The normalized spacial score (nSPS) is 29.1. The highest BCUT2D eigenvalue weighted by Gasteiger charge is 2.54. The maximum atomic E-state index is 12.5. The summed E-state index contributed by atoms with van der Waals surface area (Å²) in [5.41, 5.74) is 0.679. The first-order valence-corrected chi connectivity index (χ1v) is 8.60. The fourth-order valence-electron chi connectivity index (χ4n) is 3.16. The van der Waals surface area contributed by atoms with Gasteiger partial charge in [-0.3, -0.25) is 0 Å². The van der Waals surface area contributed by atoms with E-state index in [0.29, 0.717) is 11.1 Å². The Morgan fingerprint density at radius 2 is 1.37 bits per heavy atom. The number of esters is 2. The summed E-state index contributed by atoms with van der Waals surface area (Å²) in [6, 6.07) is 16.8. The standard InChI is InChI=1S/C20H18O7/c21-15-17(27-19(23)13-9-5-2-6-10-13)16(14-11-24-20(15)25-14)26-18(22)12-7-3-1-4-8-12/h1-10,14-17,20-21H,11H2/t14-,15-,16+,17+,20-/m0/s1. The van der Waals surface area contributed by atoms with Crippen molar-refractivity contribution in [1.82, 2.24) is 0 Å². The second kappa shape index (κ2) is 7.48. The molecule has 2 fully saturated rings. The van der Waals surface area contributed by atoms with E-state index >= 15 is 0 Å². The number of benzene rings is 2. The molecule has 140 valence electrons. The molecule has 2 aromatic carbocycles. The van der Waals surface area contributed by atoms with Crippen LogP contribution in [0.4, 0.5) is 0 Å². The zero-order valence-electron chi connectivity index (χ0n) is 14.3. The Bertz CT molecular complexity index is 754. The summed E-state index contributed by atoms with van der Waals surface area (Å²) in [5, 5.41) is 10.5. The molecule has 7 heteroatoms. The molecule has 0 spiro atoms. The number of aliphatic hydroxyl groups is 1. The van der Waals surface area contributed by atoms with Gasteiger partial charge in [0.2, 0.25) is 0 Å². The van der Waals surface area contributed by atoms with Crippen LogP contribution in [-0.4, -0.2) is 54.4 Å². The van der Waals surface area contributed by atoms with E-state index in [1.807, 2.05) is 0 Å². The lowest BCUT2D eigenvalue weighted by Crippen LogP contribution is -2.57. The average Bonchev–Trinajstić information content (AvgIpc) is 3.16. The molecule has 27 heavy (non-hydrogen) atoms. The van der Waals surface area contributed by atoms with Gasteiger partial charge in [-0.2, -0.15) is 0 Å². The molecule has 7 nitrogen and oxygen atoms in total. The van der Waals surface area contributed by atoms with Crippen molar-refractivity contribution in [3.05, 3.63) is 71.8 Å². The molecule has 2 bridgehead atoms. The van der Waals surface area contributed by atoms with E-state index < -0.39 is 42.6 Å². The minimum Gasteiger partial charge on any atom is -0.452 e. The predicted molar refractivity (Wildman–Crippen MR) is 91.9 cm³/mol. The molecule has 0 aliphatic carbocycles. The van der Waals surface area contributed by atoms with E-state index in [1.54, 1.807) is 60.7 Å². The van der Waals surface area contributed by atoms with Crippen molar-refractivity contribution in [2.24, 2.45) is 0 Å². The van der Waals surface area contributed by atoms with Crippen molar-refractivity contribution >= 4 is 11.9 Å². The first-order valence-electron chi connectivity index (χ1n) is 8.60. The van der Waals surface area contributed by atoms with Gasteiger partial charge in [0.05, 0.1) is 17.7 Å². The van der Waals surface area contributed by atoms with Gasteiger partial charge in [-0.25, -0.2) is 9.59 Å². The van der Waals surface area contributed by atoms with E-state index in [1.165, 1.54) is 0 Å². The summed E-state index contributed by atoms with van der Waals surface area (Å²) in [7, 11) is 0. The monoisotopic (exact) mass is 370 g/mol. The van der Waals surface area contributed by atoms with Gasteiger partial charge in [0.25, 0.3) is 0 Å². The van der Waals surface area contributed by atoms with Crippen LogP contribution in [0.25, 0.3) is 0 Å². The van der Waals surface area contributed by atoms with Crippen LogP contribution in [0.1, 0.15) is 20.7 Å². The number of fused-ring (bicyclic) bond motifs is 2. The third kappa shape index (κ3) is 3.57. The number of rotatable bonds is 4. The molecular formula is C20H18O7. The lowest BCUT2D eigenvalue weighted by atomic mass is 10.00. The second-order valence-electron chi connectivity index (χ2n) is 6.34. The average molecular weight is 370 g/mol. The maximum Gasteiger partial charge on any atom is 0.338 e. The minimum atomic E-state index is -1.27. The highest BCUT2D eigenvalue weighted by atomic mass is 16.8. The van der Waals surface area contributed by atoms with Crippen molar-refractivity contribution in [3.8, 4) is 0 Å². The molecule has 0 amide bonds. The Morgan fingerprint density at radius 3 is 1.93 bits per heavy atom. The molecule has 4 rings (SSSR count). The van der Waals surface area contributed by atoms with Gasteiger partial charge in [-0.05, 0) is 24.3 Å². The number of carbonyl (C=O) groups is 2. The Morgan fingerprint density at radius 1 is 0.852 bits per heavy atom. The van der Waals surface area contributed by atoms with Gasteiger partial charge >= 0.3 is 11.9 Å². The Hall–Kier alpha value is -2.74. The smallest absolute Gasteiger partial charge is 0.338 e. The Labute approximate surface area is 155 Å². The highest BCUT2D eigenvalue weighted by Crippen LogP contribution is 2.32. The topological polar surface area (TPSA) is 91.3 Å². The minimum absolute atomic E-state index is 0.133. The van der Waals surface area contributed by atoms with Gasteiger partial charge < -0.3 is 24.1 Å². The molecule has 1 N–H and O–H groups in total. The van der Waals surface area contributed by atoms with Crippen LogP contribution in [0, 0.1) is 0 Å². The van der Waals surface area contributed by atoms with Crippen molar-refractivity contribution in [1.29, 1.82) is 0 Å². The van der Waals surface area contributed by atoms with Gasteiger partial charge in [-0.15, -0.1) is 0 Å². The Kier molecular flexibility index (Phi) is 4.89. The molecule has 2 saturated heterocycles. The highest BCUT2D eigenvalue weighted by molar-refractivity contribution is 5.90. The number of hydrogen-bond acceptors (Lipinski definition) is 7. The quantitative estimate of drug-likeness (QED) is 0.817. The van der Waals surface area contributed by atoms with Crippen LogP contribution in [-0.2, 0) is 18.9 Å². The van der Waals surface area contributed by atoms with Crippen molar-refractivity contribution < 1.29 is 33.6 Å². The first kappa shape index (κ1) is 17.7. The van der Waals surface area contributed by atoms with Crippen LogP contribution in [0.3, 0.4) is 0 Å². The number of ether oxygens (including phenoxy) is 4. The second-order valence-corrected chi connectivity index (χ2v) is 6.34. The molecule has 5 atom stereocenters. The van der Waals surface area contributed by atoms with Crippen molar-refractivity contribution in [3.63, 3.8) is 0 Å². The first-order chi connectivity index (χ1) is 13.1. The van der Waals surface area contributed by atoms with Crippen LogP contribution >= 0.6 is 0 Å². The van der Waals surface area contributed by atoms with Crippen LogP contribution in [0.2, 0.25) is 0 Å². The van der Waals surface area contributed by atoms with Crippen LogP contribution in [0.15, 0.2) is 60.7 Å². The molecule has 0 aromatic heterocycles. The predicted octanol–water partition coefficient (Wildman–Crippen LogP) is 1.55. The summed E-state index contributed by atoms with van der Waals surface area (Å²) < 4.78 is 21.9. The molecule has 2 aliphatic heterocycles. The van der Waals surface area contributed by atoms with Gasteiger partial charge in [0, 0.05) is 0 Å². The van der Waals surface area contributed by atoms with Gasteiger partial charge in [-0.1, -0.05) is 36.4 Å². The van der Waals surface area contributed by atoms with Crippen LogP contribution < -0.4 is 0 Å². The van der Waals surface area contributed by atoms with E-state index in [-0.39, 0.29) is 6.61 Å². The molecule has 0 radical (unpaired) electrons. The molecule has 0 saturated carbocycles. The third-order valence-electron chi connectivity index (χ3n) is 4.54. The van der Waals surface area contributed by atoms with E-state index in [9.17, 15) is 14.7 Å². The summed E-state index contributed by atoms with van der Waals surface area (Å²) in [6.45, 7) is 0.133. The molecule has 2 aliphatic rings.